The van der Waals surface area contributed by atoms with Gasteiger partial charge in [-0.15, -0.1) is 0 Å². The summed E-state index contributed by atoms with van der Waals surface area (Å²) in [5, 5.41) is 6.81. The molecular formula is C18H25N3O3. The van der Waals surface area contributed by atoms with Gasteiger partial charge in [0.15, 0.2) is 0 Å². The second-order valence-electron chi connectivity index (χ2n) is 5.98. The largest absolute Gasteiger partial charge is 0.376 e. The molecule has 1 aromatic rings. The molecule has 1 atom stereocenters. The summed E-state index contributed by atoms with van der Waals surface area (Å²) in [5.41, 5.74) is 4.19. The summed E-state index contributed by atoms with van der Waals surface area (Å²) in [6.45, 7) is 3.04. The van der Waals surface area contributed by atoms with Crippen molar-refractivity contribution in [1.29, 1.82) is 0 Å². The lowest BCUT2D eigenvalue weighted by Crippen LogP contribution is -2.33. The van der Waals surface area contributed by atoms with Gasteiger partial charge in [-0.3, -0.25) is 9.59 Å². The summed E-state index contributed by atoms with van der Waals surface area (Å²) in [6.07, 6.45) is 3.38. The number of hydrazone groups is 1. The number of carbonyl (C=O) groups is 2. The van der Waals surface area contributed by atoms with Crippen LogP contribution in [0.5, 0.6) is 0 Å². The average Bonchev–Trinajstić information content (AvgIpc) is 3.11. The fourth-order valence-electron chi connectivity index (χ4n) is 2.48. The molecular weight excluding hydrogens is 306 g/mol. The second-order valence-corrected chi connectivity index (χ2v) is 5.98. The van der Waals surface area contributed by atoms with Crippen molar-refractivity contribution in [1.82, 2.24) is 10.7 Å². The average molecular weight is 331 g/mol. The zero-order valence-electron chi connectivity index (χ0n) is 14.1. The Hall–Kier alpha value is -2.21. The van der Waals surface area contributed by atoms with Gasteiger partial charge in [0.05, 0.1) is 12.5 Å². The van der Waals surface area contributed by atoms with Crippen molar-refractivity contribution in [3.05, 3.63) is 35.9 Å². The van der Waals surface area contributed by atoms with Crippen LogP contribution in [0, 0.1) is 0 Å². The number of amides is 2. The van der Waals surface area contributed by atoms with Gasteiger partial charge in [-0.2, -0.15) is 5.10 Å². The summed E-state index contributed by atoms with van der Waals surface area (Å²) in [7, 11) is 0. The van der Waals surface area contributed by atoms with Crippen molar-refractivity contribution in [2.75, 3.05) is 13.2 Å². The summed E-state index contributed by atoms with van der Waals surface area (Å²) in [6, 6.07) is 9.82. The summed E-state index contributed by atoms with van der Waals surface area (Å²) < 4.78 is 5.45. The first-order valence-electron chi connectivity index (χ1n) is 8.37. The molecule has 2 N–H and O–H groups in total. The van der Waals surface area contributed by atoms with Crippen LogP contribution in [0.3, 0.4) is 0 Å². The third-order valence-electron chi connectivity index (χ3n) is 3.82. The number of aryl methyl sites for hydroxylation is 1. The Bertz CT molecular complexity index is 566. The molecule has 130 valence electrons. The highest BCUT2D eigenvalue weighted by molar-refractivity contribution is 6.00. The van der Waals surface area contributed by atoms with Crippen LogP contribution < -0.4 is 10.7 Å². The highest BCUT2D eigenvalue weighted by Crippen LogP contribution is 2.10. The molecule has 0 aromatic heterocycles. The molecule has 2 amide bonds. The van der Waals surface area contributed by atoms with Gasteiger partial charge in [0.2, 0.25) is 11.8 Å². The number of hydrogen-bond donors (Lipinski definition) is 2. The van der Waals surface area contributed by atoms with E-state index in [2.05, 4.69) is 15.8 Å². The van der Waals surface area contributed by atoms with Crippen molar-refractivity contribution in [2.45, 2.75) is 45.1 Å². The predicted octanol–water partition coefficient (Wildman–Crippen LogP) is 1.80. The number of rotatable bonds is 8. The van der Waals surface area contributed by atoms with Crippen LogP contribution >= 0.6 is 0 Å². The molecule has 1 aliphatic rings. The first kappa shape index (κ1) is 18.1. The number of nitrogens with zero attached hydrogens (tertiary/aromatic N) is 1. The normalized spacial score (nSPS) is 17.5. The van der Waals surface area contributed by atoms with Crippen molar-refractivity contribution in [2.24, 2.45) is 5.10 Å². The highest BCUT2D eigenvalue weighted by Gasteiger charge is 2.16. The molecule has 1 aromatic carbocycles. The van der Waals surface area contributed by atoms with E-state index >= 15 is 0 Å². The van der Waals surface area contributed by atoms with E-state index in [9.17, 15) is 9.59 Å². The molecule has 0 spiro atoms. The maximum Gasteiger partial charge on any atom is 0.240 e. The van der Waals surface area contributed by atoms with Gasteiger partial charge in [-0.05, 0) is 31.7 Å². The van der Waals surface area contributed by atoms with Gasteiger partial charge in [0, 0.05) is 25.3 Å². The van der Waals surface area contributed by atoms with Crippen LogP contribution in [0.2, 0.25) is 0 Å². The van der Waals surface area contributed by atoms with E-state index in [0.29, 0.717) is 25.1 Å². The van der Waals surface area contributed by atoms with Crippen molar-refractivity contribution in [3.8, 4) is 0 Å². The van der Waals surface area contributed by atoms with Crippen LogP contribution in [-0.2, 0) is 20.7 Å². The van der Waals surface area contributed by atoms with E-state index < -0.39 is 0 Å². The Balaban J connectivity index is 1.62. The van der Waals surface area contributed by atoms with Crippen molar-refractivity contribution < 1.29 is 14.3 Å². The topological polar surface area (TPSA) is 79.8 Å². The third kappa shape index (κ3) is 6.91. The lowest BCUT2D eigenvalue weighted by molar-refractivity contribution is -0.121. The zero-order valence-corrected chi connectivity index (χ0v) is 14.1. The minimum atomic E-state index is -0.155. The SMILES string of the molecule is C/C(CC(=O)NCC1CCCO1)=N\NC(=O)CCc1ccccc1. The molecule has 24 heavy (non-hydrogen) atoms. The van der Waals surface area contributed by atoms with Gasteiger partial charge in [0.25, 0.3) is 0 Å². The predicted molar refractivity (Wildman–Crippen MR) is 92.6 cm³/mol. The third-order valence-corrected chi connectivity index (χ3v) is 3.82. The minimum absolute atomic E-state index is 0.106. The smallest absolute Gasteiger partial charge is 0.240 e. The Morgan fingerprint density at radius 2 is 2.04 bits per heavy atom. The van der Waals surface area contributed by atoms with Crippen LogP contribution in [-0.4, -0.2) is 36.8 Å². The van der Waals surface area contributed by atoms with E-state index in [1.807, 2.05) is 30.3 Å². The van der Waals surface area contributed by atoms with E-state index in [1.165, 1.54) is 0 Å². The van der Waals surface area contributed by atoms with Gasteiger partial charge in [0.1, 0.15) is 0 Å². The lowest BCUT2D eigenvalue weighted by atomic mass is 10.1. The van der Waals surface area contributed by atoms with Gasteiger partial charge < -0.3 is 10.1 Å². The number of nitrogens with one attached hydrogen (secondary N) is 2. The van der Waals surface area contributed by atoms with E-state index in [4.69, 9.17) is 4.74 Å². The quantitative estimate of drug-likeness (QED) is 0.563. The van der Waals surface area contributed by atoms with Crippen LogP contribution in [0.15, 0.2) is 35.4 Å². The summed E-state index contributed by atoms with van der Waals surface area (Å²) in [5.74, 6) is -0.261. The first-order valence-corrected chi connectivity index (χ1v) is 8.37. The maximum absolute atomic E-state index is 11.8. The Morgan fingerprint density at radius 3 is 2.75 bits per heavy atom. The van der Waals surface area contributed by atoms with Crippen molar-refractivity contribution in [3.63, 3.8) is 0 Å². The fourth-order valence-corrected chi connectivity index (χ4v) is 2.48. The van der Waals surface area contributed by atoms with Gasteiger partial charge >= 0.3 is 0 Å². The van der Waals surface area contributed by atoms with Gasteiger partial charge in [-0.1, -0.05) is 30.3 Å². The molecule has 0 saturated carbocycles. The molecule has 0 aliphatic carbocycles. The van der Waals surface area contributed by atoms with E-state index in [0.717, 1.165) is 25.0 Å². The Labute approximate surface area is 142 Å². The van der Waals surface area contributed by atoms with E-state index in [1.54, 1.807) is 6.92 Å². The molecule has 1 saturated heterocycles. The minimum Gasteiger partial charge on any atom is -0.376 e. The fraction of sp³-hybridized carbons (Fsp3) is 0.500. The Kier molecular flexibility index (Phi) is 7.42. The zero-order chi connectivity index (χ0) is 17.2. The number of carbonyl (C=O) groups excluding carboxylic acids is 2. The monoisotopic (exact) mass is 331 g/mol. The van der Waals surface area contributed by atoms with Crippen LogP contribution in [0.25, 0.3) is 0 Å². The Morgan fingerprint density at radius 1 is 1.25 bits per heavy atom. The second kappa shape index (κ2) is 9.82. The number of benzene rings is 1. The molecule has 1 unspecified atom stereocenters. The van der Waals surface area contributed by atoms with Crippen LogP contribution in [0.4, 0.5) is 0 Å². The molecule has 1 aliphatic heterocycles. The van der Waals surface area contributed by atoms with Crippen molar-refractivity contribution >= 4 is 17.5 Å². The molecule has 6 nitrogen and oxygen atoms in total. The standard InChI is InChI=1S/C18H25N3O3/c1-14(12-18(23)19-13-16-8-5-11-24-16)20-21-17(22)10-9-15-6-3-2-4-7-15/h2-4,6-7,16H,5,8-13H2,1H3,(H,19,23)(H,21,22)/b20-14+. The van der Waals surface area contributed by atoms with E-state index in [-0.39, 0.29) is 24.3 Å². The summed E-state index contributed by atoms with van der Waals surface area (Å²) in [4.78, 5) is 23.6. The van der Waals surface area contributed by atoms with Gasteiger partial charge in [-0.25, -0.2) is 5.43 Å². The molecule has 2 rings (SSSR count). The molecule has 0 radical (unpaired) electrons. The number of ether oxygens (including phenoxy) is 1. The highest BCUT2D eigenvalue weighted by atomic mass is 16.5. The number of hydrogen-bond acceptors (Lipinski definition) is 4. The van der Waals surface area contributed by atoms with Crippen LogP contribution in [0.1, 0.15) is 38.2 Å². The molecule has 1 heterocycles. The lowest BCUT2D eigenvalue weighted by Gasteiger charge is -2.10. The molecule has 6 heteroatoms. The maximum atomic E-state index is 11.8. The summed E-state index contributed by atoms with van der Waals surface area (Å²) >= 11 is 0. The first-order chi connectivity index (χ1) is 11.6. The molecule has 1 fully saturated rings. The molecule has 0 bridgehead atoms.